The summed E-state index contributed by atoms with van der Waals surface area (Å²) in [6.07, 6.45) is 2.17. The Morgan fingerprint density at radius 1 is 1.37 bits per heavy atom. The van der Waals surface area contributed by atoms with E-state index < -0.39 is 0 Å². The monoisotopic (exact) mass is 276 g/mol. The topological polar surface area (TPSA) is 48.1 Å². The molecule has 0 saturated carbocycles. The van der Waals surface area contributed by atoms with Gasteiger partial charge in [-0.1, -0.05) is 24.6 Å². The van der Waals surface area contributed by atoms with Gasteiger partial charge in [0.1, 0.15) is 12.4 Å². The third-order valence-corrected chi connectivity index (χ3v) is 3.83. The maximum Gasteiger partial charge on any atom is 0.131 e. The molecule has 0 aliphatic carbocycles. The molecule has 1 aromatic heterocycles. The molecule has 2 N–H and O–H groups in total. The zero-order chi connectivity index (χ0) is 13.7. The largest absolute Gasteiger partial charge is 0.487 e. The zero-order valence-electron chi connectivity index (χ0n) is 11.5. The number of hydrogen-bond acceptors (Lipinski definition) is 4. The molecule has 0 saturated heterocycles. The van der Waals surface area contributed by atoms with Crippen molar-refractivity contribution in [3.63, 3.8) is 0 Å². The third kappa shape index (κ3) is 3.78. The highest BCUT2D eigenvalue weighted by atomic mass is 32.1. The van der Waals surface area contributed by atoms with Gasteiger partial charge in [0.2, 0.25) is 0 Å². The van der Waals surface area contributed by atoms with Crippen molar-refractivity contribution in [3.05, 3.63) is 45.4 Å². The predicted molar refractivity (Wildman–Crippen MR) is 79.5 cm³/mol. The second-order valence-corrected chi connectivity index (χ2v) is 5.53. The summed E-state index contributed by atoms with van der Waals surface area (Å²) in [5.74, 6) is 0.859. The maximum atomic E-state index is 5.82. The molecular weight excluding hydrogens is 256 g/mol. The molecule has 4 heteroatoms. The van der Waals surface area contributed by atoms with Crippen LogP contribution in [-0.4, -0.2) is 4.98 Å². The van der Waals surface area contributed by atoms with Crippen LogP contribution in [0.2, 0.25) is 0 Å². The first kappa shape index (κ1) is 14.0. The average Bonchev–Trinajstić information content (AvgIpc) is 2.85. The molecule has 0 amide bonds. The zero-order valence-corrected chi connectivity index (χ0v) is 12.3. The Morgan fingerprint density at radius 2 is 2.21 bits per heavy atom. The van der Waals surface area contributed by atoms with Crippen molar-refractivity contribution < 1.29 is 4.74 Å². The first-order valence-electron chi connectivity index (χ1n) is 6.58. The van der Waals surface area contributed by atoms with Gasteiger partial charge < -0.3 is 10.5 Å². The molecule has 2 aromatic rings. The van der Waals surface area contributed by atoms with Crippen molar-refractivity contribution >= 4 is 11.3 Å². The lowest BCUT2D eigenvalue weighted by molar-refractivity contribution is 0.298. The fraction of sp³-hybridized carbons (Fsp3) is 0.400. The Hall–Kier alpha value is -1.39. The predicted octanol–water partition coefficient (Wildman–Crippen LogP) is 3.44. The Morgan fingerprint density at radius 3 is 2.95 bits per heavy atom. The fourth-order valence-electron chi connectivity index (χ4n) is 1.90. The fourth-order valence-corrected chi connectivity index (χ4v) is 2.79. The number of hydrogen-bond donors (Lipinski definition) is 1. The Kier molecular flexibility index (Phi) is 4.93. The van der Waals surface area contributed by atoms with E-state index in [1.165, 1.54) is 10.6 Å². The van der Waals surface area contributed by atoms with E-state index in [-0.39, 0.29) is 0 Å². The van der Waals surface area contributed by atoms with Gasteiger partial charge in [-0.3, -0.25) is 0 Å². The lowest BCUT2D eigenvalue weighted by atomic mass is 10.1. The molecule has 0 unspecified atom stereocenters. The smallest absolute Gasteiger partial charge is 0.131 e. The maximum absolute atomic E-state index is 5.82. The number of aromatic nitrogens is 1. The van der Waals surface area contributed by atoms with E-state index in [4.69, 9.17) is 10.5 Å². The van der Waals surface area contributed by atoms with E-state index in [1.54, 1.807) is 11.3 Å². The summed E-state index contributed by atoms with van der Waals surface area (Å²) in [6, 6.07) is 6.09. The second kappa shape index (κ2) is 6.68. The summed E-state index contributed by atoms with van der Waals surface area (Å²) in [4.78, 5) is 4.55. The van der Waals surface area contributed by atoms with Crippen molar-refractivity contribution in [2.75, 3.05) is 0 Å². The summed E-state index contributed by atoms with van der Waals surface area (Å²) >= 11 is 1.71. The highest BCUT2D eigenvalue weighted by molar-refractivity contribution is 7.09. The molecule has 0 radical (unpaired) electrons. The van der Waals surface area contributed by atoms with Gasteiger partial charge in [0, 0.05) is 17.5 Å². The number of thiazole rings is 1. The number of nitrogens with zero attached hydrogens (tertiary/aromatic N) is 1. The van der Waals surface area contributed by atoms with Crippen LogP contribution in [-0.2, 0) is 19.6 Å². The van der Waals surface area contributed by atoms with Crippen LogP contribution in [0.4, 0.5) is 0 Å². The minimum absolute atomic E-state index is 0.495. The highest BCUT2D eigenvalue weighted by Crippen LogP contribution is 2.21. The van der Waals surface area contributed by atoms with Crippen molar-refractivity contribution in [1.82, 2.24) is 4.98 Å². The molecule has 1 aromatic carbocycles. The molecule has 1 heterocycles. The van der Waals surface area contributed by atoms with E-state index in [0.29, 0.717) is 13.2 Å². The van der Waals surface area contributed by atoms with Gasteiger partial charge in [0.15, 0.2) is 0 Å². The molecule has 0 aliphatic heterocycles. The van der Waals surface area contributed by atoms with E-state index in [0.717, 1.165) is 29.8 Å². The van der Waals surface area contributed by atoms with Gasteiger partial charge in [-0.15, -0.1) is 11.3 Å². The molecule has 0 atom stereocenters. The summed E-state index contributed by atoms with van der Waals surface area (Å²) < 4.78 is 5.82. The van der Waals surface area contributed by atoms with Crippen LogP contribution in [0.1, 0.15) is 35.2 Å². The van der Waals surface area contributed by atoms with Crippen LogP contribution in [0.25, 0.3) is 0 Å². The molecule has 19 heavy (non-hydrogen) atoms. The molecule has 3 nitrogen and oxygen atoms in total. The van der Waals surface area contributed by atoms with Crippen LogP contribution < -0.4 is 10.5 Å². The number of benzene rings is 1. The highest BCUT2D eigenvalue weighted by Gasteiger charge is 2.05. The average molecular weight is 276 g/mol. The Labute approximate surface area is 118 Å². The molecule has 0 aliphatic rings. The molecular formula is C15H20N2OS. The van der Waals surface area contributed by atoms with Gasteiger partial charge in [-0.25, -0.2) is 4.98 Å². The molecule has 0 spiro atoms. The van der Waals surface area contributed by atoms with Crippen molar-refractivity contribution in [2.24, 2.45) is 5.73 Å². The van der Waals surface area contributed by atoms with Gasteiger partial charge in [-0.05, 0) is 25.8 Å². The minimum atomic E-state index is 0.495. The summed E-state index contributed by atoms with van der Waals surface area (Å²) in [6.45, 7) is 5.23. The standard InChI is InChI=1S/C15H20N2OS/c1-3-4-15-17-13(10-19-15)9-18-14-6-5-11(2)7-12(14)8-16/h5-7,10H,3-4,8-9,16H2,1-2H3. The minimum Gasteiger partial charge on any atom is -0.487 e. The lowest BCUT2D eigenvalue weighted by Crippen LogP contribution is -2.03. The number of aryl methyl sites for hydroxylation is 2. The normalized spacial score (nSPS) is 10.7. The number of nitrogens with two attached hydrogens (primary N) is 1. The van der Waals surface area contributed by atoms with E-state index in [1.807, 2.05) is 12.1 Å². The quantitative estimate of drug-likeness (QED) is 0.879. The second-order valence-electron chi connectivity index (χ2n) is 4.59. The molecule has 2 rings (SSSR count). The summed E-state index contributed by atoms with van der Waals surface area (Å²) in [5.41, 5.74) is 8.98. The van der Waals surface area contributed by atoms with Crippen LogP contribution >= 0.6 is 11.3 Å². The van der Waals surface area contributed by atoms with Crippen LogP contribution in [0.5, 0.6) is 5.75 Å². The van der Waals surface area contributed by atoms with Crippen molar-refractivity contribution in [1.29, 1.82) is 0 Å². The lowest BCUT2D eigenvalue weighted by Gasteiger charge is -2.10. The first-order chi connectivity index (χ1) is 9.22. The number of ether oxygens (including phenoxy) is 1. The van der Waals surface area contributed by atoms with E-state index >= 15 is 0 Å². The Balaban J connectivity index is 2.01. The van der Waals surface area contributed by atoms with Gasteiger partial charge in [-0.2, -0.15) is 0 Å². The van der Waals surface area contributed by atoms with Gasteiger partial charge in [0.05, 0.1) is 10.7 Å². The SMILES string of the molecule is CCCc1nc(COc2ccc(C)cc2CN)cs1. The summed E-state index contributed by atoms with van der Waals surface area (Å²) in [5, 5.41) is 3.26. The third-order valence-electron chi connectivity index (χ3n) is 2.87. The van der Waals surface area contributed by atoms with Gasteiger partial charge >= 0.3 is 0 Å². The van der Waals surface area contributed by atoms with Crippen molar-refractivity contribution in [3.8, 4) is 5.75 Å². The van der Waals surface area contributed by atoms with E-state index in [2.05, 4.69) is 30.3 Å². The van der Waals surface area contributed by atoms with E-state index in [9.17, 15) is 0 Å². The molecule has 102 valence electrons. The number of rotatable bonds is 6. The van der Waals surface area contributed by atoms with Gasteiger partial charge in [0.25, 0.3) is 0 Å². The van der Waals surface area contributed by atoms with Crippen LogP contribution in [0, 0.1) is 6.92 Å². The van der Waals surface area contributed by atoms with Crippen LogP contribution in [0.3, 0.4) is 0 Å². The van der Waals surface area contributed by atoms with Crippen molar-refractivity contribution in [2.45, 2.75) is 39.8 Å². The first-order valence-corrected chi connectivity index (χ1v) is 7.46. The Bertz CT molecular complexity index is 537. The van der Waals surface area contributed by atoms with Crippen LogP contribution in [0.15, 0.2) is 23.6 Å². The molecule has 0 bridgehead atoms. The molecule has 0 fully saturated rings. The summed E-state index contributed by atoms with van der Waals surface area (Å²) in [7, 11) is 0.